The van der Waals surface area contributed by atoms with Crippen molar-refractivity contribution in [3.8, 4) is 11.3 Å². The van der Waals surface area contributed by atoms with Crippen LogP contribution in [0.25, 0.3) is 11.3 Å². The fraction of sp³-hybridized carbons (Fsp3) is 0.222. The van der Waals surface area contributed by atoms with Gasteiger partial charge in [-0.3, -0.25) is 4.68 Å². The Morgan fingerprint density at radius 3 is 2.80 bits per heavy atom. The average Bonchev–Trinajstić information content (AvgIpc) is 2.71. The molecule has 0 aliphatic carbocycles. The molecule has 6 nitrogen and oxygen atoms in total. The van der Waals surface area contributed by atoms with Gasteiger partial charge in [0.05, 0.1) is 5.69 Å². The molecule has 0 unspecified atom stereocenters. The molecule has 0 bridgehead atoms. The van der Waals surface area contributed by atoms with Crippen molar-refractivity contribution in [1.82, 2.24) is 14.9 Å². The Morgan fingerprint density at radius 2 is 2.33 bits per heavy atom. The first kappa shape index (κ1) is 9.45. The van der Waals surface area contributed by atoms with Gasteiger partial charge in [0, 0.05) is 24.9 Å². The van der Waals surface area contributed by atoms with E-state index in [9.17, 15) is 4.79 Å². The summed E-state index contributed by atoms with van der Waals surface area (Å²) in [6.45, 7) is 1.82. The summed E-state index contributed by atoms with van der Waals surface area (Å²) in [7, 11) is 1.79. The molecule has 0 amide bonds. The molecule has 2 heterocycles. The van der Waals surface area contributed by atoms with E-state index in [4.69, 9.17) is 5.11 Å². The Kier molecular flexibility index (Phi) is 2.03. The molecule has 15 heavy (non-hydrogen) atoms. The standard InChI is InChI=1S/C9H9N3O3/c1-5-6(4-12(2)10-5)7-3-8(9(13)14)15-11-7/h3-4H,1-2H3,(H,13,14). The van der Waals surface area contributed by atoms with Crippen molar-refractivity contribution in [2.24, 2.45) is 7.05 Å². The van der Waals surface area contributed by atoms with Gasteiger partial charge in [-0.1, -0.05) is 5.16 Å². The summed E-state index contributed by atoms with van der Waals surface area (Å²) >= 11 is 0. The maximum atomic E-state index is 10.6. The van der Waals surface area contributed by atoms with Crippen LogP contribution in [-0.2, 0) is 7.05 Å². The SMILES string of the molecule is Cc1nn(C)cc1-c1cc(C(=O)O)on1. The molecular formula is C9H9N3O3. The van der Waals surface area contributed by atoms with Crippen molar-refractivity contribution >= 4 is 5.97 Å². The average molecular weight is 207 g/mol. The highest BCUT2D eigenvalue weighted by Gasteiger charge is 2.15. The Labute approximate surface area is 85.1 Å². The van der Waals surface area contributed by atoms with Crippen LogP contribution in [0.2, 0.25) is 0 Å². The third-order valence-electron chi connectivity index (χ3n) is 2.01. The van der Waals surface area contributed by atoms with Crippen LogP contribution in [0.4, 0.5) is 0 Å². The molecule has 2 aromatic heterocycles. The zero-order valence-corrected chi connectivity index (χ0v) is 8.26. The predicted octanol–water partition coefficient (Wildman–Crippen LogP) is 1.08. The molecule has 0 aliphatic heterocycles. The van der Waals surface area contributed by atoms with Gasteiger partial charge in [-0.15, -0.1) is 0 Å². The van der Waals surface area contributed by atoms with Crippen LogP contribution in [0, 0.1) is 6.92 Å². The first-order chi connectivity index (χ1) is 7.08. The van der Waals surface area contributed by atoms with E-state index in [2.05, 4.69) is 14.8 Å². The number of aryl methyl sites for hydroxylation is 2. The van der Waals surface area contributed by atoms with E-state index in [1.165, 1.54) is 6.07 Å². The van der Waals surface area contributed by atoms with Crippen LogP contribution in [-0.4, -0.2) is 26.0 Å². The number of carboxylic acids is 1. The third kappa shape index (κ3) is 1.61. The number of carboxylic acid groups (broad SMARTS) is 1. The highest BCUT2D eigenvalue weighted by molar-refractivity contribution is 5.85. The second kappa shape index (κ2) is 3.23. The number of rotatable bonds is 2. The lowest BCUT2D eigenvalue weighted by atomic mass is 10.2. The van der Waals surface area contributed by atoms with Crippen molar-refractivity contribution in [3.63, 3.8) is 0 Å². The Morgan fingerprint density at radius 1 is 1.60 bits per heavy atom. The van der Waals surface area contributed by atoms with Crippen LogP contribution >= 0.6 is 0 Å². The maximum absolute atomic E-state index is 10.6. The number of carbonyl (C=O) groups is 1. The lowest BCUT2D eigenvalue weighted by Crippen LogP contribution is -1.91. The van der Waals surface area contributed by atoms with Gasteiger partial charge in [0.25, 0.3) is 0 Å². The van der Waals surface area contributed by atoms with Crippen molar-refractivity contribution in [3.05, 3.63) is 23.7 Å². The van der Waals surface area contributed by atoms with Gasteiger partial charge >= 0.3 is 5.97 Å². The van der Waals surface area contributed by atoms with Crippen molar-refractivity contribution in [2.75, 3.05) is 0 Å². The van der Waals surface area contributed by atoms with Crippen LogP contribution in [0.1, 0.15) is 16.2 Å². The van der Waals surface area contributed by atoms with Crippen molar-refractivity contribution < 1.29 is 14.4 Å². The Hall–Kier alpha value is -2.11. The van der Waals surface area contributed by atoms with E-state index in [0.29, 0.717) is 5.69 Å². The lowest BCUT2D eigenvalue weighted by Gasteiger charge is -1.87. The Bertz CT molecular complexity index is 512. The molecule has 6 heteroatoms. The number of hydrogen-bond acceptors (Lipinski definition) is 4. The summed E-state index contributed by atoms with van der Waals surface area (Å²) in [6, 6.07) is 1.38. The zero-order chi connectivity index (χ0) is 11.0. The molecule has 0 fully saturated rings. The van der Waals surface area contributed by atoms with E-state index in [1.54, 1.807) is 17.9 Å². The van der Waals surface area contributed by atoms with Crippen LogP contribution < -0.4 is 0 Å². The summed E-state index contributed by atoms with van der Waals surface area (Å²) in [4.78, 5) is 10.6. The molecule has 2 rings (SSSR count). The highest BCUT2D eigenvalue weighted by atomic mass is 16.5. The summed E-state index contributed by atoms with van der Waals surface area (Å²) in [6.07, 6.45) is 1.76. The van der Waals surface area contributed by atoms with E-state index in [1.807, 2.05) is 6.92 Å². The molecule has 0 atom stereocenters. The third-order valence-corrected chi connectivity index (χ3v) is 2.01. The Balaban J connectivity index is 2.45. The van der Waals surface area contributed by atoms with E-state index < -0.39 is 5.97 Å². The van der Waals surface area contributed by atoms with Crippen LogP contribution in [0.15, 0.2) is 16.8 Å². The molecule has 78 valence electrons. The number of hydrogen-bond donors (Lipinski definition) is 1. The van der Waals surface area contributed by atoms with Crippen molar-refractivity contribution in [2.45, 2.75) is 6.92 Å². The highest BCUT2D eigenvalue weighted by Crippen LogP contribution is 2.21. The number of aromatic carboxylic acids is 1. The van der Waals surface area contributed by atoms with Gasteiger partial charge < -0.3 is 9.63 Å². The first-order valence-electron chi connectivity index (χ1n) is 4.28. The van der Waals surface area contributed by atoms with Crippen molar-refractivity contribution in [1.29, 1.82) is 0 Å². The van der Waals surface area contributed by atoms with E-state index in [-0.39, 0.29) is 5.76 Å². The minimum Gasteiger partial charge on any atom is -0.475 e. The molecule has 0 aromatic carbocycles. The van der Waals surface area contributed by atoms with Crippen LogP contribution in [0.3, 0.4) is 0 Å². The van der Waals surface area contributed by atoms with E-state index in [0.717, 1.165) is 11.3 Å². The summed E-state index contributed by atoms with van der Waals surface area (Å²) in [5.41, 5.74) is 2.04. The van der Waals surface area contributed by atoms with Gasteiger partial charge in [0.1, 0.15) is 5.69 Å². The summed E-state index contributed by atoms with van der Waals surface area (Å²) in [5.74, 6) is -1.30. The molecule has 0 aliphatic rings. The number of aromatic nitrogens is 3. The van der Waals surface area contributed by atoms with Gasteiger partial charge in [-0.25, -0.2) is 4.79 Å². The van der Waals surface area contributed by atoms with Crippen LogP contribution in [0.5, 0.6) is 0 Å². The topological polar surface area (TPSA) is 81.2 Å². The predicted molar refractivity (Wildman–Crippen MR) is 50.4 cm³/mol. The smallest absolute Gasteiger partial charge is 0.374 e. The lowest BCUT2D eigenvalue weighted by molar-refractivity contribution is 0.0652. The monoisotopic (exact) mass is 207 g/mol. The molecule has 2 aromatic rings. The minimum absolute atomic E-state index is 0.173. The normalized spacial score (nSPS) is 10.5. The molecule has 0 radical (unpaired) electrons. The van der Waals surface area contributed by atoms with Gasteiger partial charge in [0.2, 0.25) is 5.76 Å². The fourth-order valence-corrected chi connectivity index (χ4v) is 1.35. The molecular weight excluding hydrogens is 198 g/mol. The number of nitrogens with zero attached hydrogens (tertiary/aromatic N) is 3. The second-order valence-electron chi connectivity index (χ2n) is 3.18. The largest absolute Gasteiger partial charge is 0.475 e. The summed E-state index contributed by atoms with van der Waals surface area (Å²) in [5, 5.41) is 16.5. The summed E-state index contributed by atoms with van der Waals surface area (Å²) < 4.78 is 6.30. The minimum atomic E-state index is -1.13. The van der Waals surface area contributed by atoms with E-state index >= 15 is 0 Å². The fourth-order valence-electron chi connectivity index (χ4n) is 1.35. The first-order valence-corrected chi connectivity index (χ1v) is 4.28. The van der Waals surface area contributed by atoms with Gasteiger partial charge in [-0.2, -0.15) is 5.10 Å². The van der Waals surface area contributed by atoms with Gasteiger partial charge in [-0.05, 0) is 6.92 Å². The second-order valence-corrected chi connectivity index (χ2v) is 3.18. The molecule has 0 spiro atoms. The quantitative estimate of drug-likeness (QED) is 0.796. The maximum Gasteiger partial charge on any atom is 0.374 e. The molecule has 1 N–H and O–H groups in total. The van der Waals surface area contributed by atoms with Gasteiger partial charge in [0.15, 0.2) is 0 Å². The molecule has 0 saturated heterocycles. The zero-order valence-electron chi connectivity index (χ0n) is 8.26. The molecule has 0 saturated carbocycles.